The van der Waals surface area contributed by atoms with Gasteiger partial charge >= 0.3 is 0 Å². The Hall–Kier alpha value is -3.36. The van der Waals surface area contributed by atoms with Gasteiger partial charge in [-0.3, -0.25) is 30.3 Å². The van der Waals surface area contributed by atoms with Gasteiger partial charge in [-0.2, -0.15) is 0 Å². The fourth-order valence-corrected chi connectivity index (χ4v) is 2.04. The molecule has 9 heteroatoms. The van der Waals surface area contributed by atoms with E-state index in [4.69, 9.17) is 0 Å². The maximum atomic E-state index is 11.1. The molecule has 0 heterocycles. The van der Waals surface area contributed by atoms with Crippen LogP contribution in [0.3, 0.4) is 0 Å². The molecular formula is C13H9N3O6. The van der Waals surface area contributed by atoms with Crippen molar-refractivity contribution < 1.29 is 14.8 Å². The van der Waals surface area contributed by atoms with Gasteiger partial charge in [0.05, 0.1) is 26.9 Å². The lowest BCUT2D eigenvalue weighted by molar-refractivity contribution is -0.404. The van der Waals surface area contributed by atoms with Gasteiger partial charge in [-0.25, -0.2) is 0 Å². The summed E-state index contributed by atoms with van der Waals surface area (Å²) in [7, 11) is 0. The summed E-state index contributed by atoms with van der Waals surface area (Å²) in [6.07, 6.45) is -0.0640. The summed E-state index contributed by atoms with van der Waals surface area (Å²) in [6, 6.07) is 9.93. The van der Waals surface area contributed by atoms with E-state index in [1.165, 1.54) is 0 Å². The third kappa shape index (κ3) is 3.03. The molecule has 0 saturated carbocycles. The average molecular weight is 303 g/mol. The standard InChI is InChI=1S/C13H9N3O6/c17-14(18)10-7-12(15(19)20)11(13(8-10)16(21)22)6-9-4-2-1-3-5-9/h1-5,7-8H,6H2. The Balaban J connectivity index is 2.66. The molecule has 0 aliphatic heterocycles. The van der Waals surface area contributed by atoms with Gasteiger partial charge in [0.15, 0.2) is 0 Å². The van der Waals surface area contributed by atoms with Gasteiger partial charge in [0.1, 0.15) is 5.56 Å². The van der Waals surface area contributed by atoms with Crippen LogP contribution in [0.4, 0.5) is 17.1 Å². The Bertz CT molecular complexity index is 725. The number of nitro benzene ring substituents is 3. The molecule has 0 unspecified atom stereocenters. The smallest absolute Gasteiger partial charge is 0.258 e. The summed E-state index contributed by atoms with van der Waals surface area (Å²) >= 11 is 0. The van der Waals surface area contributed by atoms with Crippen molar-refractivity contribution in [2.45, 2.75) is 6.42 Å². The van der Waals surface area contributed by atoms with Crippen molar-refractivity contribution >= 4 is 17.1 Å². The summed E-state index contributed by atoms with van der Waals surface area (Å²) in [4.78, 5) is 30.4. The largest absolute Gasteiger partial charge is 0.286 e. The van der Waals surface area contributed by atoms with Crippen LogP contribution in [0.5, 0.6) is 0 Å². The zero-order valence-corrected chi connectivity index (χ0v) is 11.0. The quantitative estimate of drug-likeness (QED) is 0.616. The number of rotatable bonds is 5. The Morgan fingerprint density at radius 1 is 0.773 bits per heavy atom. The molecule has 0 aliphatic carbocycles. The minimum atomic E-state index is -0.897. The zero-order valence-electron chi connectivity index (χ0n) is 11.0. The average Bonchev–Trinajstić information content (AvgIpc) is 2.47. The van der Waals surface area contributed by atoms with Crippen LogP contribution < -0.4 is 0 Å². The van der Waals surface area contributed by atoms with Crippen LogP contribution in [-0.4, -0.2) is 14.8 Å². The lowest BCUT2D eigenvalue weighted by Crippen LogP contribution is -2.04. The van der Waals surface area contributed by atoms with E-state index in [0.717, 1.165) is 12.1 Å². The molecule has 0 fully saturated rings. The third-order valence-electron chi connectivity index (χ3n) is 3.02. The van der Waals surface area contributed by atoms with E-state index < -0.39 is 31.8 Å². The number of nitro groups is 3. The summed E-state index contributed by atoms with van der Waals surface area (Å²) in [5, 5.41) is 33.0. The molecule has 0 radical (unpaired) electrons. The first-order chi connectivity index (χ1) is 10.4. The lowest BCUT2D eigenvalue weighted by atomic mass is 10.0. The Labute approximate surface area is 123 Å². The number of hydrogen-bond donors (Lipinski definition) is 0. The topological polar surface area (TPSA) is 129 Å². The van der Waals surface area contributed by atoms with E-state index in [0.29, 0.717) is 5.56 Å². The molecule has 9 nitrogen and oxygen atoms in total. The van der Waals surface area contributed by atoms with Gasteiger partial charge in [-0.1, -0.05) is 30.3 Å². The molecular weight excluding hydrogens is 294 g/mol. The highest BCUT2D eigenvalue weighted by atomic mass is 16.6. The summed E-state index contributed by atoms with van der Waals surface area (Å²) < 4.78 is 0. The van der Waals surface area contributed by atoms with Crippen LogP contribution in [0.1, 0.15) is 11.1 Å². The molecule has 0 aromatic heterocycles. The van der Waals surface area contributed by atoms with E-state index in [1.807, 2.05) is 0 Å². The number of hydrogen-bond acceptors (Lipinski definition) is 6. The third-order valence-corrected chi connectivity index (χ3v) is 3.02. The molecule has 112 valence electrons. The SMILES string of the molecule is O=[N+]([O-])c1cc([N+](=O)[O-])c(Cc2ccccc2)c([N+](=O)[O-])c1. The molecule has 2 aromatic carbocycles. The molecule has 0 N–H and O–H groups in total. The summed E-state index contributed by atoms with van der Waals surface area (Å²) in [5.74, 6) is 0. The Morgan fingerprint density at radius 2 is 1.27 bits per heavy atom. The Kier molecular flexibility index (Phi) is 4.07. The van der Waals surface area contributed by atoms with E-state index in [9.17, 15) is 30.3 Å². The normalized spacial score (nSPS) is 10.2. The van der Waals surface area contributed by atoms with Crippen LogP contribution in [0, 0.1) is 30.3 Å². The fourth-order valence-electron chi connectivity index (χ4n) is 2.04. The first-order valence-corrected chi connectivity index (χ1v) is 6.04. The first kappa shape index (κ1) is 15.0. The summed E-state index contributed by atoms with van der Waals surface area (Å²) in [5.41, 5.74) is -1.49. The van der Waals surface area contributed by atoms with Gasteiger partial charge in [-0.15, -0.1) is 0 Å². The van der Waals surface area contributed by atoms with Crippen molar-refractivity contribution in [1.82, 2.24) is 0 Å². The molecule has 0 aliphatic rings. The first-order valence-electron chi connectivity index (χ1n) is 6.04. The van der Waals surface area contributed by atoms with Crippen molar-refractivity contribution in [1.29, 1.82) is 0 Å². The molecule has 0 saturated heterocycles. The highest BCUT2D eigenvalue weighted by molar-refractivity contribution is 5.61. The highest BCUT2D eigenvalue weighted by Crippen LogP contribution is 2.35. The van der Waals surface area contributed by atoms with E-state index in [1.54, 1.807) is 30.3 Å². The fraction of sp³-hybridized carbons (Fsp3) is 0.0769. The second-order valence-corrected chi connectivity index (χ2v) is 4.40. The molecule has 2 rings (SSSR count). The second-order valence-electron chi connectivity index (χ2n) is 4.40. The summed E-state index contributed by atoms with van der Waals surface area (Å²) in [6.45, 7) is 0. The minimum absolute atomic E-state index is 0.0640. The predicted octanol–water partition coefficient (Wildman–Crippen LogP) is 3.00. The molecule has 22 heavy (non-hydrogen) atoms. The minimum Gasteiger partial charge on any atom is -0.258 e. The van der Waals surface area contributed by atoms with Crippen LogP contribution in [-0.2, 0) is 6.42 Å². The van der Waals surface area contributed by atoms with Crippen LogP contribution in [0.2, 0.25) is 0 Å². The van der Waals surface area contributed by atoms with Gasteiger partial charge < -0.3 is 0 Å². The van der Waals surface area contributed by atoms with Gasteiger partial charge in [0.25, 0.3) is 17.1 Å². The second kappa shape index (κ2) is 5.95. The zero-order chi connectivity index (χ0) is 16.3. The van der Waals surface area contributed by atoms with E-state index >= 15 is 0 Å². The van der Waals surface area contributed by atoms with Crippen molar-refractivity contribution in [2.75, 3.05) is 0 Å². The maximum Gasteiger partial charge on any atom is 0.286 e. The van der Waals surface area contributed by atoms with E-state index in [-0.39, 0.29) is 12.0 Å². The van der Waals surface area contributed by atoms with Crippen molar-refractivity contribution in [3.05, 3.63) is 83.9 Å². The molecule has 0 amide bonds. The number of benzene rings is 2. The molecule has 0 spiro atoms. The molecule has 0 bridgehead atoms. The van der Waals surface area contributed by atoms with Crippen molar-refractivity contribution in [3.8, 4) is 0 Å². The van der Waals surface area contributed by atoms with Crippen molar-refractivity contribution in [2.24, 2.45) is 0 Å². The maximum absolute atomic E-state index is 11.1. The Morgan fingerprint density at radius 3 is 1.68 bits per heavy atom. The molecule has 0 atom stereocenters. The highest BCUT2D eigenvalue weighted by Gasteiger charge is 2.30. The van der Waals surface area contributed by atoms with Crippen LogP contribution >= 0.6 is 0 Å². The van der Waals surface area contributed by atoms with Gasteiger partial charge in [-0.05, 0) is 5.56 Å². The monoisotopic (exact) mass is 303 g/mol. The van der Waals surface area contributed by atoms with Crippen LogP contribution in [0.15, 0.2) is 42.5 Å². The predicted molar refractivity (Wildman–Crippen MR) is 75.7 cm³/mol. The van der Waals surface area contributed by atoms with Gasteiger partial charge in [0, 0.05) is 6.42 Å². The molecule has 2 aromatic rings. The van der Waals surface area contributed by atoms with E-state index in [2.05, 4.69) is 0 Å². The lowest BCUT2D eigenvalue weighted by Gasteiger charge is -2.05. The van der Waals surface area contributed by atoms with Crippen LogP contribution in [0.25, 0.3) is 0 Å². The van der Waals surface area contributed by atoms with Gasteiger partial charge in [0.2, 0.25) is 0 Å². The number of non-ortho nitro benzene ring substituents is 1. The van der Waals surface area contributed by atoms with Crippen molar-refractivity contribution in [3.63, 3.8) is 0 Å². The number of nitrogens with zero attached hydrogens (tertiary/aromatic N) is 3.